The van der Waals surface area contributed by atoms with Crippen LogP contribution < -0.4 is 0 Å². The summed E-state index contributed by atoms with van der Waals surface area (Å²) in [6, 6.07) is 0. The van der Waals surface area contributed by atoms with Crippen LogP contribution in [0, 0.1) is 23.2 Å². The average molecular weight is 378 g/mol. The van der Waals surface area contributed by atoms with E-state index in [-0.39, 0.29) is 18.9 Å². The molecule has 3 aliphatic carbocycles. The zero-order valence-electron chi connectivity index (χ0n) is 16.7. The highest BCUT2D eigenvalue weighted by atomic mass is 16.5. The van der Waals surface area contributed by atoms with Gasteiger partial charge in [0.25, 0.3) is 0 Å². The second-order valence-corrected chi connectivity index (χ2v) is 9.28. The lowest BCUT2D eigenvalue weighted by molar-refractivity contribution is -0.217. The maximum atomic E-state index is 12.8. The molecule has 150 valence electrons. The third-order valence-corrected chi connectivity index (χ3v) is 6.84. The first-order valence-corrected chi connectivity index (χ1v) is 9.53. The topological polar surface area (TPSA) is 104 Å². The van der Waals surface area contributed by atoms with Crippen molar-refractivity contribution in [1.29, 1.82) is 0 Å². The van der Waals surface area contributed by atoms with Crippen molar-refractivity contribution in [3.8, 4) is 0 Å². The van der Waals surface area contributed by atoms with E-state index < -0.39 is 46.3 Å². The second kappa shape index (κ2) is 6.26. The maximum absolute atomic E-state index is 12.8. The van der Waals surface area contributed by atoms with Gasteiger partial charge in [-0.1, -0.05) is 32.9 Å². The molecule has 6 heteroatoms. The van der Waals surface area contributed by atoms with E-state index in [1.165, 1.54) is 6.92 Å². The molecule has 27 heavy (non-hydrogen) atoms. The van der Waals surface area contributed by atoms with Crippen LogP contribution in [0.3, 0.4) is 0 Å². The van der Waals surface area contributed by atoms with Gasteiger partial charge in [-0.15, -0.1) is 0 Å². The van der Waals surface area contributed by atoms with Gasteiger partial charge in [-0.05, 0) is 30.4 Å². The largest absolute Gasteiger partial charge is 0.461 e. The van der Waals surface area contributed by atoms with Crippen LogP contribution in [0.1, 0.15) is 47.5 Å². The van der Waals surface area contributed by atoms with Crippen molar-refractivity contribution in [2.75, 3.05) is 6.61 Å². The number of fused-ring (bicyclic) bond motifs is 3. The number of esters is 1. The van der Waals surface area contributed by atoms with Gasteiger partial charge in [0.1, 0.15) is 11.7 Å². The van der Waals surface area contributed by atoms with Crippen molar-refractivity contribution in [2.24, 2.45) is 23.2 Å². The number of aliphatic hydroxyl groups is 3. The van der Waals surface area contributed by atoms with Gasteiger partial charge in [0.15, 0.2) is 5.78 Å². The minimum absolute atomic E-state index is 0.0421. The Morgan fingerprint density at radius 3 is 2.48 bits per heavy atom. The van der Waals surface area contributed by atoms with E-state index in [0.29, 0.717) is 17.6 Å². The van der Waals surface area contributed by atoms with Crippen molar-refractivity contribution in [3.63, 3.8) is 0 Å². The molecule has 0 unspecified atom stereocenters. The lowest BCUT2D eigenvalue weighted by Crippen LogP contribution is -2.65. The summed E-state index contributed by atoms with van der Waals surface area (Å²) in [4.78, 5) is 24.6. The third kappa shape index (κ3) is 2.80. The molecule has 3 rings (SSSR count). The fraction of sp³-hybridized carbons (Fsp3) is 0.714. The Hall–Kier alpha value is -1.50. The van der Waals surface area contributed by atoms with Crippen molar-refractivity contribution >= 4 is 11.8 Å². The van der Waals surface area contributed by atoms with Crippen LogP contribution in [0.25, 0.3) is 0 Å². The Morgan fingerprint density at radius 1 is 1.30 bits per heavy atom. The molecule has 1 fully saturated rings. The molecule has 0 aromatic carbocycles. The fourth-order valence-electron chi connectivity index (χ4n) is 5.69. The molecule has 0 aliphatic heterocycles. The zero-order valence-corrected chi connectivity index (χ0v) is 16.7. The van der Waals surface area contributed by atoms with E-state index in [4.69, 9.17) is 4.74 Å². The zero-order chi connectivity index (χ0) is 20.4. The summed E-state index contributed by atoms with van der Waals surface area (Å²) >= 11 is 0. The number of ether oxygens (including phenoxy) is 1. The molecule has 0 bridgehead atoms. The summed E-state index contributed by atoms with van der Waals surface area (Å²) in [6.07, 6.45) is 3.26. The Bertz CT molecular complexity index is 735. The first kappa shape index (κ1) is 20.2. The number of ketones is 1. The first-order valence-electron chi connectivity index (χ1n) is 9.53. The second-order valence-electron chi connectivity index (χ2n) is 9.28. The Morgan fingerprint density at radius 2 is 1.93 bits per heavy atom. The summed E-state index contributed by atoms with van der Waals surface area (Å²) in [6.45, 7) is 8.51. The van der Waals surface area contributed by atoms with Crippen LogP contribution in [0.15, 0.2) is 23.3 Å². The van der Waals surface area contributed by atoms with Gasteiger partial charge >= 0.3 is 5.97 Å². The molecule has 0 amide bonds. The van der Waals surface area contributed by atoms with Crippen LogP contribution in [0.5, 0.6) is 0 Å². The standard InChI is InChI=1S/C21H30O6/c1-11-6-16-20(25,17(11)24)9-14(10-22)7-15-18(27-13(3)23)19(4,5)8-12(2)21(15,16)26/h6-7,12,15-16,18,22,25-26H,8-10H2,1-5H3/t12-,15+,16-,18-,20-,21-/m1/s1. The van der Waals surface area contributed by atoms with Gasteiger partial charge in [0.05, 0.1) is 12.2 Å². The van der Waals surface area contributed by atoms with Gasteiger partial charge in [-0.3, -0.25) is 9.59 Å². The predicted octanol–water partition coefficient (Wildman–Crippen LogP) is 1.53. The van der Waals surface area contributed by atoms with E-state index in [1.54, 1.807) is 19.1 Å². The Balaban J connectivity index is 2.23. The molecule has 3 aliphatic rings. The van der Waals surface area contributed by atoms with E-state index in [0.717, 1.165) is 0 Å². The molecule has 0 saturated heterocycles. The van der Waals surface area contributed by atoms with Gasteiger partial charge in [0.2, 0.25) is 0 Å². The normalized spacial score (nSPS) is 43.2. The number of carbonyl (C=O) groups excluding carboxylic acids is 2. The smallest absolute Gasteiger partial charge is 0.302 e. The third-order valence-electron chi connectivity index (χ3n) is 6.84. The fourth-order valence-corrected chi connectivity index (χ4v) is 5.69. The van der Waals surface area contributed by atoms with E-state index in [2.05, 4.69) is 0 Å². The number of hydrogen-bond donors (Lipinski definition) is 3. The molecule has 6 atom stereocenters. The maximum Gasteiger partial charge on any atom is 0.302 e. The molecule has 3 N–H and O–H groups in total. The minimum atomic E-state index is -1.79. The quantitative estimate of drug-likeness (QED) is 0.497. The van der Waals surface area contributed by atoms with Crippen molar-refractivity contribution in [1.82, 2.24) is 0 Å². The van der Waals surface area contributed by atoms with Crippen LogP contribution >= 0.6 is 0 Å². The van der Waals surface area contributed by atoms with Crippen LogP contribution in [-0.4, -0.2) is 51.0 Å². The molecule has 6 nitrogen and oxygen atoms in total. The van der Waals surface area contributed by atoms with E-state index in [9.17, 15) is 24.9 Å². The number of hydrogen-bond acceptors (Lipinski definition) is 6. The van der Waals surface area contributed by atoms with Crippen molar-refractivity contribution in [2.45, 2.75) is 64.8 Å². The highest BCUT2D eigenvalue weighted by Gasteiger charge is 2.66. The van der Waals surface area contributed by atoms with Crippen LogP contribution in [-0.2, 0) is 14.3 Å². The highest BCUT2D eigenvalue weighted by Crippen LogP contribution is 2.58. The Labute approximate surface area is 159 Å². The number of aliphatic hydroxyl groups excluding tert-OH is 1. The SMILES string of the molecule is CC(=O)O[C@@H]1[C@@H]2C=C(CO)C[C@]3(O)C(=O)C(C)=C[C@H]3[C@@]2(O)[C@H](C)CC1(C)C. The monoisotopic (exact) mass is 378 g/mol. The van der Waals surface area contributed by atoms with Crippen molar-refractivity contribution < 1.29 is 29.6 Å². The lowest BCUT2D eigenvalue weighted by Gasteiger charge is -2.56. The van der Waals surface area contributed by atoms with Crippen molar-refractivity contribution in [3.05, 3.63) is 23.3 Å². The minimum Gasteiger partial charge on any atom is -0.461 e. The van der Waals surface area contributed by atoms with Gasteiger partial charge in [0, 0.05) is 30.6 Å². The summed E-state index contributed by atoms with van der Waals surface area (Å²) < 4.78 is 5.66. The molecule has 0 aromatic heterocycles. The number of rotatable bonds is 2. The first-order chi connectivity index (χ1) is 12.4. The van der Waals surface area contributed by atoms with Crippen LogP contribution in [0.4, 0.5) is 0 Å². The summed E-state index contributed by atoms with van der Waals surface area (Å²) in [5.41, 5.74) is -2.80. The van der Waals surface area contributed by atoms with Gasteiger partial charge in [-0.25, -0.2) is 0 Å². The molecular formula is C21H30O6. The predicted molar refractivity (Wildman–Crippen MR) is 98.5 cm³/mol. The van der Waals surface area contributed by atoms with E-state index >= 15 is 0 Å². The molecular weight excluding hydrogens is 348 g/mol. The lowest BCUT2D eigenvalue weighted by atomic mass is 9.53. The molecule has 0 radical (unpaired) electrons. The van der Waals surface area contributed by atoms with Gasteiger partial charge in [-0.2, -0.15) is 0 Å². The summed E-state index contributed by atoms with van der Waals surface area (Å²) in [5, 5.41) is 33.1. The summed E-state index contributed by atoms with van der Waals surface area (Å²) in [5.74, 6) is -2.59. The van der Waals surface area contributed by atoms with Crippen LogP contribution in [0.2, 0.25) is 0 Å². The molecule has 0 spiro atoms. The number of carbonyl (C=O) groups is 2. The van der Waals surface area contributed by atoms with E-state index in [1.807, 2.05) is 20.8 Å². The highest BCUT2D eigenvalue weighted by molar-refractivity contribution is 6.04. The average Bonchev–Trinajstić information content (AvgIpc) is 2.72. The molecule has 0 aromatic rings. The Kier molecular flexibility index (Phi) is 4.69. The summed E-state index contributed by atoms with van der Waals surface area (Å²) in [7, 11) is 0. The molecule has 1 saturated carbocycles. The van der Waals surface area contributed by atoms with Gasteiger partial charge < -0.3 is 20.1 Å². The molecule has 0 heterocycles. The number of Topliss-reactive ketones (excluding diaryl/α,β-unsaturated/α-hetero) is 1.